The van der Waals surface area contributed by atoms with E-state index in [4.69, 9.17) is 5.11 Å². The van der Waals surface area contributed by atoms with Crippen LogP contribution in [0, 0.1) is 10.1 Å². The van der Waals surface area contributed by atoms with Gasteiger partial charge < -0.3 is 20.2 Å². The van der Waals surface area contributed by atoms with Gasteiger partial charge >= 0.3 is 6.18 Å². The van der Waals surface area contributed by atoms with Crippen molar-refractivity contribution in [3.8, 4) is 0 Å². The smallest absolute Gasteiger partial charge is 0.395 e. The summed E-state index contributed by atoms with van der Waals surface area (Å²) in [4.78, 5) is 12.1. The van der Waals surface area contributed by atoms with Gasteiger partial charge in [-0.05, 0) is 0 Å². The van der Waals surface area contributed by atoms with Crippen LogP contribution < -0.4 is 4.90 Å². The Bertz CT molecular complexity index is 954. The monoisotopic (exact) mass is 578 g/mol. The van der Waals surface area contributed by atoms with Crippen LogP contribution in [0.15, 0.2) is 17.0 Å². The highest BCUT2D eigenvalue weighted by Gasteiger charge is 2.42. The van der Waals surface area contributed by atoms with Crippen LogP contribution in [-0.2, 0) is 16.2 Å². The minimum atomic E-state index is -5.11. The summed E-state index contributed by atoms with van der Waals surface area (Å²) in [6, 6.07) is 0.904. The van der Waals surface area contributed by atoms with E-state index in [9.17, 15) is 41.9 Å². The fourth-order valence-corrected chi connectivity index (χ4v) is 5.75. The molecule has 1 aliphatic rings. The van der Waals surface area contributed by atoms with Crippen LogP contribution in [0.5, 0.6) is 0 Å². The maximum atomic E-state index is 14.0. The number of alkyl halides is 4. The van der Waals surface area contributed by atoms with E-state index in [0.717, 1.165) is 9.21 Å². The lowest BCUT2D eigenvalue weighted by atomic mass is 10.1. The van der Waals surface area contributed by atoms with Crippen LogP contribution in [0.3, 0.4) is 0 Å². The van der Waals surface area contributed by atoms with E-state index in [2.05, 4.69) is 15.9 Å². The van der Waals surface area contributed by atoms with Crippen molar-refractivity contribution in [3.05, 3.63) is 27.8 Å². The molecule has 0 aliphatic carbocycles. The number of nitro benzene ring substituents is 1. The normalized spacial score (nSPS) is 17.0. The first-order valence-electron chi connectivity index (χ1n) is 10.2. The molecule has 11 nitrogen and oxygen atoms in total. The third kappa shape index (κ3) is 6.77. The third-order valence-electron chi connectivity index (χ3n) is 5.25. The molecule has 1 heterocycles. The highest BCUT2D eigenvalue weighted by Crippen LogP contribution is 2.43. The molecule has 3 N–H and O–H groups in total. The number of benzene rings is 1. The van der Waals surface area contributed by atoms with Crippen LogP contribution >= 0.6 is 15.9 Å². The first kappa shape index (κ1) is 28.7. The Kier molecular flexibility index (Phi) is 10.1. The highest BCUT2D eigenvalue weighted by molar-refractivity contribution is 9.09. The molecule has 1 aliphatic heterocycles. The van der Waals surface area contributed by atoms with Crippen molar-refractivity contribution >= 4 is 37.3 Å². The molecule has 1 atom stereocenters. The van der Waals surface area contributed by atoms with E-state index in [0.29, 0.717) is 12.1 Å². The van der Waals surface area contributed by atoms with E-state index in [1.54, 1.807) is 4.90 Å². The van der Waals surface area contributed by atoms with Gasteiger partial charge in [-0.2, -0.15) is 17.5 Å². The second-order valence-corrected chi connectivity index (χ2v) is 10.2. The summed E-state index contributed by atoms with van der Waals surface area (Å²) in [5, 5.41) is 39.4. The lowest BCUT2D eigenvalue weighted by Crippen LogP contribution is -2.50. The van der Waals surface area contributed by atoms with Crippen molar-refractivity contribution in [3.63, 3.8) is 0 Å². The third-order valence-corrected chi connectivity index (χ3v) is 7.51. The van der Waals surface area contributed by atoms with Crippen molar-refractivity contribution in [2.75, 3.05) is 69.3 Å². The molecule has 1 aromatic rings. The number of nitrogens with zero attached hydrogens (tertiary/aromatic N) is 4. The molecule has 0 radical (unpaired) electrons. The summed E-state index contributed by atoms with van der Waals surface area (Å²) in [6.45, 7) is -1.41. The SMILES string of the molecule is O=[N+]([O-])c1cc(C(F)(F)F)c(N(CCO)CCBr)c(S(=O)(=O)N2CCN(CC(O)CO)CC2)c1. The molecule has 1 aromatic carbocycles. The van der Waals surface area contributed by atoms with Gasteiger partial charge in [0.2, 0.25) is 10.0 Å². The minimum absolute atomic E-state index is 0.0835. The van der Waals surface area contributed by atoms with Gasteiger partial charge in [0.25, 0.3) is 5.69 Å². The Balaban J connectivity index is 2.61. The average Bonchev–Trinajstić information content (AvgIpc) is 2.77. The number of hydrogen-bond acceptors (Lipinski definition) is 9. The first-order valence-corrected chi connectivity index (χ1v) is 12.8. The zero-order chi connectivity index (χ0) is 25.7. The predicted molar refractivity (Wildman–Crippen MR) is 119 cm³/mol. The zero-order valence-electron chi connectivity index (χ0n) is 18.0. The number of non-ortho nitro benzene ring substituents is 1. The van der Waals surface area contributed by atoms with Crippen molar-refractivity contribution in [1.82, 2.24) is 9.21 Å². The lowest BCUT2D eigenvalue weighted by Gasteiger charge is -2.36. The summed E-state index contributed by atoms with van der Waals surface area (Å²) in [5.41, 5.74) is -3.27. The fourth-order valence-electron chi connectivity index (χ4n) is 3.64. The second kappa shape index (κ2) is 11.9. The van der Waals surface area contributed by atoms with E-state index >= 15 is 0 Å². The van der Waals surface area contributed by atoms with Gasteiger partial charge in [0, 0.05) is 63.3 Å². The predicted octanol–water partition coefficient (Wildman–Crippen LogP) is 0.467. The summed E-state index contributed by atoms with van der Waals surface area (Å²) >= 11 is 3.10. The average molecular weight is 579 g/mol. The molecule has 1 saturated heterocycles. The Morgan fingerprint density at radius 2 is 1.79 bits per heavy atom. The number of nitro groups is 1. The van der Waals surface area contributed by atoms with E-state index < -0.39 is 62.3 Å². The molecule has 0 aromatic heterocycles. The zero-order valence-corrected chi connectivity index (χ0v) is 20.4. The number of halogens is 4. The van der Waals surface area contributed by atoms with Crippen molar-refractivity contribution in [2.24, 2.45) is 0 Å². The molecule has 0 spiro atoms. The van der Waals surface area contributed by atoms with Crippen LogP contribution in [0.2, 0.25) is 0 Å². The van der Waals surface area contributed by atoms with Gasteiger partial charge in [-0.25, -0.2) is 8.42 Å². The van der Waals surface area contributed by atoms with Crippen LogP contribution in [0.1, 0.15) is 5.56 Å². The standard InChI is InChI=1S/C18H26BrF3N4O7S/c19-1-2-24(7-8-27)17-15(18(20,21)22)9-13(26(30)31)10-16(17)34(32,33)25-5-3-23(4-6-25)11-14(29)12-28/h9-10,14,27-29H,1-8,11-12H2. The van der Waals surface area contributed by atoms with Crippen molar-refractivity contribution in [2.45, 2.75) is 17.2 Å². The molecule has 0 bridgehead atoms. The van der Waals surface area contributed by atoms with Crippen LogP contribution in [0.4, 0.5) is 24.5 Å². The maximum absolute atomic E-state index is 14.0. The quantitative estimate of drug-likeness (QED) is 0.193. The fraction of sp³-hybridized carbons (Fsp3) is 0.667. The highest BCUT2D eigenvalue weighted by atomic mass is 79.9. The first-order chi connectivity index (χ1) is 15.9. The number of rotatable bonds is 11. The summed E-state index contributed by atoms with van der Waals surface area (Å²) in [6.07, 6.45) is -6.14. The number of sulfonamides is 1. The number of anilines is 1. The largest absolute Gasteiger partial charge is 0.418 e. The summed E-state index contributed by atoms with van der Waals surface area (Å²) < 4.78 is 69.8. The van der Waals surface area contributed by atoms with Gasteiger partial charge in [-0.15, -0.1) is 0 Å². The molecule has 1 unspecified atom stereocenters. The lowest BCUT2D eigenvalue weighted by molar-refractivity contribution is -0.385. The van der Waals surface area contributed by atoms with E-state index in [1.807, 2.05) is 0 Å². The second-order valence-electron chi connectivity index (χ2n) is 7.54. The van der Waals surface area contributed by atoms with Gasteiger partial charge in [-0.1, -0.05) is 15.9 Å². The number of aliphatic hydroxyl groups excluding tert-OH is 3. The van der Waals surface area contributed by atoms with Crippen LogP contribution in [-0.4, -0.2) is 108 Å². The minimum Gasteiger partial charge on any atom is -0.395 e. The van der Waals surface area contributed by atoms with Crippen molar-refractivity contribution < 1.29 is 41.8 Å². The van der Waals surface area contributed by atoms with E-state index in [1.165, 1.54) is 0 Å². The van der Waals surface area contributed by atoms with Gasteiger partial charge in [0.05, 0.1) is 35.5 Å². The molecule has 34 heavy (non-hydrogen) atoms. The molecular weight excluding hydrogens is 553 g/mol. The topological polar surface area (TPSA) is 148 Å². The number of β-amino-alcohol motifs (C(OH)–C–C–N with tert-alkyl or cyclic N) is 1. The Morgan fingerprint density at radius 1 is 1.18 bits per heavy atom. The van der Waals surface area contributed by atoms with Gasteiger partial charge in [-0.3, -0.25) is 15.0 Å². The Hall–Kier alpha value is -1.56. The summed E-state index contributed by atoms with van der Waals surface area (Å²) in [7, 11) is -4.62. The molecule has 0 amide bonds. The number of hydrogen-bond donors (Lipinski definition) is 3. The Labute approximate surface area is 202 Å². The van der Waals surface area contributed by atoms with Crippen LogP contribution in [0.25, 0.3) is 0 Å². The molecular formula is C18H26BrF3N4O7S. The van der Waals surface area contributed by atoms with Crippen molar-refractivity contribution in [1.29, 1.82) is 0 Å². The molecule has 16 heteroatoms. The molecule has 194 valence electrons. The Morgan fingerprint density at radius 3 is 2.26 bits per heavy atom. The van der Waals surface area contributed by atoms with Gasteiger partial charge in [0.15, 0.2) is 0 Å². The summed E-state index contributed by atoms with van der Waals surface area (Å²) in [5.74, 6) is 0. The number of piperazine rings is 1. The molecule has 0 saturated carbocycles. The van der Waals surface area contributed by atoms with Gasteiger partial charge in [0.1, 0.15) is 4.90 Å². The van der Waals surface area contributed by atoms with E-state index in [-0.39, 0.29) is 51.1 Å². The number of aliphatic hydroxyl groups is 3. The maximum Gasteiger partial charge on any atom is 0.418 e. The molecule has 1 fully saturated rings. The molecule has 2 rings (SSSR count).